The number of hydrogen-bond acceptors (Lipinski definition) is 4. The van der Waals surface area contributed by atoms with Crippen molar-refractivity contribution in [3.05, 3.63) is 35.4 Å². The number of rotatable bonds is 4. The number of ether oxygens (including phenoxy) is 1. The summed E-state index contributed by atoms with van der Waals surface area (Å²) in [7, 11) is -2.49. The predicted molar refractivity (Wildman–Crippen MR) is 77.0 cm³/mol. The lowest BCUT2D eigenvalue weighted by atomic mass is 9.98. The van der Waals surface area contributed by atoms with Crippen molar-refractivity contribution in [2.24, 2.45) is 0 Å². The molecule has 2 N–H and O–H groups in total. The molecule has 0 saturated carbocycles. The molecule has 0 radical (unpaired) electrons. The van der Waals surface area contributed by atoms with Gasteiger partial charge in [0, 0.05) is 5.39 Å². The molecule has 0 atom stereocenters. The Hall–Kier alpha value is -1.79. The minimum atomic E-state index is -4.05. The highest BCUT2D eigenvalue weighted by atomic mass is 32.2. The quantitative estimate of drug-likeness (QED) is 0.846. The molecule has 0 heterocycles. The fourth-order valence-electron chi connectivity index (χ4n) is 2.22. The third kappa shape index (κ3) is 3.02. The number of phenols is 1. The fraction of sp³-hybridized carbons (Fsp3) is 0.286. The standard InChI is InChI=1S/C14H16O5S/c1-9-7-10-8-11(19-2)3-4-13(10)14(15)12(9)5-6-20(16,17)18/h3-4,7-8,15H,5-6H2,1-2H3,(H,16,17,18). The van der Waals surface area contributed by atoms with Crippen LogP contribution in [0, 0.1) is 6.92 Å². The summed E-state index contributed by atoms with van der Waals surface area (Å²) >= 11 is 0. The lowest BCUT2D eigenvalue weighted by Gasteiger charge is -2.12. The minimum absolute atomic E-state index is 0.0475. The van der Waals surface area contributed by atoms with Gasteiger partial charge < -0.3 is 9.84 Å². The largest absolute Gasteiger partial charge is 0.507 e. The van der Waals surface area contributed by atoms with Crippen LogP contribution in [0.3, 0.4) is 0 Å². The molecule has 0 aliphatic carbocycles. The van der Waals surface area contributed by atoms with Crippen molar-refractivity contribution in [2.45, 2.75) is 13.3 Å². The van der Waals surface area contributed by atoms with Gasteiger partial charge >= 0.3 is 0 Å². The Morgan fingerprint density at radius 2 is 1.95 bits per heavy atom. The van der Waals surface area contributed by atoms with Crippen molar-refractivity contribution < 1.29 is 22.8 Å². The highest BCUT2D eigenvalue weighted by Gasteiger charge is 2.14. The van der Waals surface area contributed by atoms with Gasteiger partial charge in [-0.1, -0.05) is 6.07 Å². The zero-order valence-corrected chi connectivity index (χ0v) is 12.1. The Morgan fingerprint density at radius 3 is 2.55 bits per heavy atom. The topological polar surface area (TPSA) is 83.8 Å². The van der Waals surface area contributed by atoms with Crippen LogP contribution in [0.1, 0.15) is 11.1 Å². The van der Waals surface area contributed by atoms with Crippen molar-refractivity contribution in [1.82, 2.24) is 0 Å². The molecular formula is C14H16O5S. The molecule has 0 bridgehead atoms. The zero-order chi connectivity index (χ0) is 14.9. The fourth-order valence-corrected chi connectivity index (χ4v) is 2.68. The van der Waals surface area contributed by atoms with E-state index in [1.807, 2.05) is 6.07 Å². The Bertz CT molecular complexity index is 750. The van der Waals surface area contributed by atoms with Crippen molar-refractivity contribution in [2.75, 3.05) is 12.9 Å². The summed E-state index contributed by atoms with van der Waals surface area (Å²) < 4.78 is 35.6. The molecule has 0 aliphatic rings. The van der Waals surface area contributed by atoms with Gasteiger partial charge in [-0.05, 0) is 48.1 Å². The van der Waals surface area contributed by atoms with E-state index in [0.717, 1.165) is 10.9 Å². The molecule has 0 amide bonds. The van der Waals surface area contributed by atoms with Gasteiger partial charge in [-0.15, -0.1) is 0 Å². The minimum Gasteiger partial charge on any atom is -0.507 e. The third-order valence-corrected chi connectivity index (χ3v) is 3.98. The van der Waals surface area contributed by atoms with Gasteiger partial charge in [0.15, 0.2) is 0 Å². The molecule has 20 heavy (non-hydrogen) atoms. The molecular weight excluding hydrogens is 280 g/mol. The first-order valence-corrected chi connectivity index (χ1v) is 7.67. The normalized spacial score (nSPS) is 11.8. The van der Waals surface area contributed by atoms with Crippen LogP contribution < -0.4 is 4.74 Å². The Balaban J connectivity index is 2.52. The lowest BCUT2D eigenvalue weighted by Crippen LogP contribution is -2.07. The summed E-state index contributed by atoms with van der Waals surface area (Å²) in [6, 6.07) is 7.11. The smallest absolute Gasteiger partial charge is 0.265 e. The summed E-state index contributed by atoms with van der Waals surface area (Å²) in [5.74, 6) is 0.316. The number of benzene rings is 2. The van der Waals surface area contributed by atoms with Crippen LogP contribution in [-0.4, -0.2) is 30.9 Å². The summed E-state index contributed by atoms with van der Waals surface area (Å²) in [5, 5.41) is 11.7. The average Bonchev–Trinajstić information content (AvgIpc) is 2.36. The van der Waals surface area contributed by atoms with Gasteiger partial charge in [0.25, 0.3) is 10.1 Å². The number of aromatic hydroxyl groups is 1. The van der Waals surface area contributed by atoms with Crippen LogP contribution >= 0.6 is 0 Å². The highest BCUT2D eigenvalue weighted by molar-refractivity contribution is 7.85. The van der Waals surface area contributed by atoms with Crippen molar-refractivity contribution in [1.29, 1.82) is 0 Å². The average molecular weight is 296 g/mol. The van der Waals surface area contributed by atoms with E-state index in [4.69, 9.17) is 9.29 Å². The number of aryl methyl sites for hydroxylation is 1. The van der Waals surface area contributed by atoms with Crippen LogP contribution in [0.5, 0.6) is 11.5 Å². The second-order valence-corrected chi connectivity index (χ2v) is 6.22. The Kier molecular flexibility index (Phi) is 3.87. The molecule has 0 unspecified atom stereocenters. The summed E-state index contributed by atoms with van der Waals surface area (Å²) in [5.41, 5.74) is 1.30. The van der Waals surface area contributed by atoms with E-state index < -0.39 is 15.9 Å². The number of phenolic OH excluding ortho intramolecular Hbond substituents is 1. The second kappa shape index (κ2) is 5.30. The van der Waals surface area contributed by atoms with Gasteiger partial charge in [0.2, 0.25) is 0 Å². The lowest BCUT2D eigenvalue weighted by molar-refractivity contribution is 0.415. The highest BCUT2D eigenvalue weighted by Crippen LogP contribution is 2.34. The van der Waals surface area contributed by atoms with E-state index >= 15 is 0 Å². The van der Waals surface area contributed by atoms with E-state index in [1.54, 1.807) is 32.2 Å². The SMILES string of the molecule is COc1ccc2c(O)c(CCS(=O)(=O)O)c(C)cc2c1. The number of hydrogen-bond donors (Lipinski definition) is 2. The van der Waals surface area contributed by atoms with Crippen LogP contribution in [0.4, 0.5) is 0 Å². The molecule has 0 fully saturated rings. The van der Waals surface area contributed by atoms with E-state index in [0.29, 0.717) is 16.7 Å². The first-order valence-electron chi connectivity index (χ1n) is 6.06. The summed E-state index contributed by atoms with van der Waals surface area (Å²) in [4.78, 5) is 0. The summed E-state index contributed by atoms with van der Waals surface area (Å²) in [6.07, 6.45) is 0.0679. The van der Waals surface area contributed by atoms with E-state index in [-0.39, 0.29) is 12.2 Å². The molecule has 5 nitrogen and oxygen atoms in total. The van der Waals surface area contributed by atoms with Crippen LogP contribution in [0.2, 0.25) is 0 Å². The number of fused-ring (bicyclic) bond motifs is 1. The molecule has 2 aromatic carbocycles. The van der Waals surface area contributed by atoms with Gasteiger partial charge in [-0.25, -0.2) is 0 Å². The molecule has 6 heteroatoms. The van der Waals surface area contributed by atoms with Gasteiger partial charge in [-0.3, -0.25) is 4.55 Å². The molecule has 0 saturated heterocycles. The van der Waals surface area contributed by atoms with E-state index in [2.05, 4.69) is 0 Å². The molecule has 2 aromatic rings. The second-order valence-electron chi connectivity index (χ2n) is 4.64. The van der Waals surface area contributed by atoms with Crippen LogP contribution in [0.15, 0.2) is 24.3 Å². The van der Waals surface area contributed by atoms with Gasteiger partial charge in [-0.2, -0.15) is 8.42 Å². The van der Waals surface area contributed by atoms with Crippen molar-refractivity contribution in [3.63, 3.8) is 0 Å². The van der Waals surface area contributed by atoms with Gasteiger partial charge in [0.05, 0.1) is 12.9 Å². The van der Waals surface area contributed by atoms with Crippen LogP contribution in [-0.2, 0) is 16.5 Å². The first-order chi connectivity index (χ1) is 9.31. The monoisotopic (exact) mass is 296 g/mol. The predicted octanol–water partition coefficient (Wildman–Crippen LogP) is 2.29. The number of methoxy groups -OCH3 is 1. The summed E-state index contributed by atoms with van der Waals surface area (Å²) in [6.45, 7) is 1.79. The molecule has 0 aromatic heterocycles. The Morgan fingerprint density at radius 1 is 1.25 bits per heavy atom. The molecule has 108 valence electrons. The van der Waals surface area contributed by atoms with Crippen molar-refractivity contribution >= 4 is 20.9 Å². The van der Waals surface area contributed by atoms with Crippen molar-refractivity contribution in [3.8, 4) is 11.5 Å². The van der Waals surface area contributed by atoms with E-state index in [1.165, 1.54) is 0 Å². The zero-order valence-electron chi connectivity index (χ0n) is 11.3. The van der Waals surface area contributed by atoms with Gasteiger partial charge in [0.1, 0.15) is 11.5 Å². The molecule has 0 spiro atoms. The van der Waals surface area contributed by atoms with Crippen LogP contribution in [0.25, 0.3) is 10.8 Å². The third-order valence-electron chi connectivity index (χ3n) is 3.26. The molecule has 0 aliphatic heterocycles. The maximum absolute atomic E-state index is 10.8. The van der Waals surface area contributed by atoms with E-state index in [9.17, 15) is 13.5 Å². The maximum atomic E-state index is 10.8. The Labute approximate surface area is 117 Å². The maximum Gasteiger partial charge on any atom is 0.265 e. The first kappa shape index (κ1) is 14.6. The molecule has 2 rings (SSSR count).